The zero-order valence-corrected chi connectivity index (χ0v) is 13.3. The van der Waals surface area contributed by atoms with Gasteiger partial charge in [-0.2, -0.15) is 0 Å². The van der Waals surface area contributed by atoms with Crippen molar-refractivity contribution in [1.29, 1.82) is 0 Å². The van der Waals surface area contributed by atoms with Crippen LogP contribution in [0.3, 0.4) is 0 Å². The summed E-state index contributed by atoms with van der Waals surface area (Å²) in [6, 6.07) is 6.95. The first-order valence-electron chi connectivity index (χ1n) is 7.31. The van der Waals surface area contributed by atoms with Gasteiger partial charge in [0.15, 0.2) is 0 Å². The van der Waals surface area contributed by atoms with Gasteiger partial charge in [-0.15, -0.1) is 0 Å². The van der Waals surface area contributed by atoms with Gasteiger partial charge in [0, 0.05) is 48.9 Å². The van der Waals surface area contributed by atoms with Gasteiger partial charge >= 0.3 is 0 Å². The van der Waals surface area contributed by atoms with Crippen LogP contribution in [-0.4, -0.2) is 50.3 Å². The molecule has 2 saturated heterocycles. The second-order valence-corrected chi connectivity index (χ2v) is 6.57. The third-order valence-electron chi connectivity index (χ3n) is 4.10. The van der Waals surface area contributed by atoms with Crippen molar-refractivity contribution in [2.45, 2.75) is 19.0 Å². The van der Waals surface area contributed by atoms with Crippen LogP contribution >= 0.6 is 15.9 Å². The molecule has 1 atom stereocenters. The largest absolute Gasteiger partial charge is 0.378 e. The lowest BCUT2D eigenvalue weighted by Gasteiger charge is -2.31. The van der Waals surface area contributed by atoms with E-state index >= 15 is 0 Å². The summed E-state index contributed by atoms with van der Waals surface area (Å²) in [5.74, 6) is 0. The Morgan fingerprint density at radius 1 is 1.25 bits per heavy atom. The number of rotatable bonds is 3. The fraction of sp³-hybridized carbons (Fsp3) is 0.600. The highest BCUT2D eigenvalue weighted by molar-refractivity contribution is 9.10. The van der Waals surface area contributed by atoms with Crippen molar-refractivity contribution in [1.82, 2.24) is 4.90 Å². The molecule has 2 aliphatic rings. The highest BCUT2D eigenvalue weighted by atomic mass is 79.9. The Morgan fingerprint density at radius 3 is 2.75 bits per heavy atom. The highest BCUT2D eigenvalue weighted by Crippen LogP contribution is 2.28. The number of anilines is 1. The Kier molecular flexibility index (Phi) is 4.61. The topological polar surface area (TPSA) is 41.7 Å². The molecule has 0 saturated carbocycles. The van der Waals surface area contributed by atoms with Crippen LogP contribution in [0, 0.1) is 0 Å². The molecule has 1 aromatic rings. The maximum Gasteiger partial charge on any atom is 0.0642 e. The summed E-state index contributed by atoms with van der Waals surface area (Å²) in [5, 5.41) is 0. The third-order valence-corrected chi connectivity index (χ3v) is 4.60. The van der Waals surface area contributed by atoms with Gasteiger partial charge in [-0.3, -0.25) is 4.90 Å². The monoisotopic (exact) mass is 339 g/mol. The minimum atomic E-state index is 0.345. The van der Waals surface area contributed by atoms with Gasteiger partial charge in [0.05, 0.1) is 13.2 Å². The van der Waals surface area contributed by atoms with E-state index in [-0.39, 0.29) is 0 Å². The lowest BCUT2D eigenvalue weighted by molar-refractivity contribution is 0.122. The fourth-order valence-electron chi connectivity index (χ4n) is 3.02. The van der Waals surface area contributed by atoms with Crippen LogP contribution in [0.25, 0.3) is 0 Å². The van der Waals surface area contributed by atoms with Crippen LogP contribution in [0.5, 0.6) is 0 Å². The van der Waals surface area contributed by atoms with E-state index in [4.69, 9.17) is 10.5 Å². The predicted octanol–water partition coefficient (Wildman–Crippen LogP) is 1.82. The molecule has 0 radical (unpaired) electrons. The summed E-state index contributed by atoms with van der Waals surface area (Å²) in [6.07, 6.45) is 1.11. The highest BCUT2D eigenvalue weighted by Gasteiger charge is 2.21. The van der Waals surface area contributed by atoms with Gasteiger partial charge in [-0.25, -0.2) is 0 Å². The molecule has 2 fully saturated rings. The number of halogens is 1. The molecule has 0 bridgehead atoms. The van der Waals surface area contributed by atoms with Gasteiger partial charge < -0.3 is 15.4 Å². The van der Waals surface area contributed by atoms with Gasteiger partial charge in [0.25, 0.3) is 0 Å². The van der Waals surface area contributed by atoms with Gasteiger partial charge in [-0.05, 0) is 24.1 Å². The molecular formula is C15H22BrN3O. The van der Waals surface area contributed by atoms with Crippen LogP contribution in [0.15, 0.2) is 22.7 Å². The Hall–Kier alpha value is -0.620. The fourth-order valence-corrected chi connectivity index (χ4v) is 3.37. The summed E-state index contributed by atoms with van der Waals surface area (Å²) in [6.45, 7) is 6.71. The zero-order chi connectivity index (χ0) is 13.9. The van der Waals surface area contributed by atoms with Crippen LogP contribution < -0.4 is 10.6 Å². The van der Waals surface area contributed by atoms with E-state index in [0.29, 0.717) is 6.04 Å². The number of nitrogens with zero attached hydrogens (tertiary/aromatic N) is 2. The first kappa shape index (κ1) is 14.3. The first-order valence-corrected chi connectivity index (χ1v) is 8.11. The quantitative estimate of drug-likeness (QED) is 0.912. The predicted molar refractivity (Wildman–Crippen MR) is 85.0 cm³/mol. The number of hydrogen-bond donors (Lipinski definition) is 1. The normalized spacial score (nSPS) is 24.3. The molecule has 0 aromatic heterocycles. The standard InChI is InChI=1S/C15H22BrN3O/c16-13-2-1-12(10-18-4-3-14(17)11-18)15(9-13)19-5-7-20-8-6-19/h1-2,9,14H,3-8,10-11,17H2/t14-/m1/s1. The number of likely N-dealkylation sites (tertiary alicyclic amines) is 1. The van der Waals surface area contributed by atoms with Gasteiger partial charge in [0.1, 0.15) is 0 Å². The number of benzene rings is 1. The average Bonchev–Trinajstić information content (AvgIpc) is 2.87. The van der Waals surface area contributed by atoms with E-state index in [1.165, 1.54) is 11.3 Å². The SMILES string of the molecule is N[C@@H]1CCN(Cc2ccc(Br)cc2N2CCOCC2)C1. The zero-order valence-electron chi connectivity index (χ0n) is 11.7. The van der Waals surface area contributed by atoms with Gasteiger partial charge in [-0.1, -0.05) is 22.0 Å². The summed E-state index contributed by atoms with van der Waals surface area (Å²) in [5.41, 5.74) is 8.74. The molecule has 2 aliphatic heterocycles. The van der Waals surface area contributed by atoms with Crippen molar-refractivity contribution >= 4 is 21.6 Å². The van der Waals surface area contributed by atoms with Crippen molar-refractivity contribution in [3.8, 4) is 0 Å². The lowest BCUT2D eigenvalue weighted by Crippen LogP contribution is -2.37. The molecule has 2 N–H and O–H groups in total. The van der Waals surface area contributed by atoms with E-state index < -0.39 is 0 Å². The van der Waals surface area contributed by atoms with Gasteiger partial charge in [0.2, 0.25) is 0 Å². The number of ether oxygens (including phenoxy) is 1. The minimum absolute atomic E-state index is 0.345. The molecule has 20 heavy (non-hydrogen) atoms. The molecule has 0 aliphatic carbocycles. The van der Waals surface area contributed by atoms with E-state index in [1.807, 2.05) is 0 Å². The Labute approximate surface area is 129 Å². The van der Waals surface area contributed by atoms with Crippen LogP contribution in [0.2, 0.25) is 0 Å². The third kappa shape index (κ3) is 3.34. The molecule has 1 aromatic carbocycles. The van der Waals surface area contributed by atoms with Crippen molar-refractivity contribution in [3.05, 3.63) is 28.2 Å². The molecule has 2 heterocycles. The van der Waals surface area contributed by atoms with Crippen molar-refractivity contribution < 1.29 is 4.74 Å². The number of nitrogens with two attached hydrogens (primary N) is 1. The van der Waals surface area contributed by atoms with Crippen molar-refractivity contribution in [3.63, 3.8) is 0 Å². The maximum absolute atomic E-state index is 6.01. The number of morpholine rings is 1. The van der Waals surface area contributed by atoms with E-state index in [0.717, 1.165) is 56.8 Å². The molecular weight excluding hydrogens is 318 g/mol. The molecule has 4 nitrogen and oxygen atoms in total. The molecule has 0 spiro atoms. The van der Waals surface area contributed by atoms with Crippen LogP contribution in [-0.2, 0) is 11.3 Å². The maximum atomic E-state index is 6.01. The second kappa shape index (κ2) is 6.43. The molecule has 0 unspecified atom stereocenters. The van der Waals surface area contributed by atoms with E-state index in [2.05, 4.69) is 43.9 Å². The van der Waals surface area contributed by atoms with Crippen LogP contribution in [0.1, 0.15) is 12.0 Å². The summed E-state index contributed by atoms with van der Waals surface area (Å²) in [7, 11) is 0. The summed E-state index contributed by atoms with van der Waals surface area (Å²) in [4.78, 5) is 4.89. The second-order valence-electron chi connectivity index (χ2n) is 5.66. The smallest absolute Gasteiger partial charge is 0.0642 e. The lowest BCUT2D eigenvalue weighted by atomic mass is 10.1. The first-order chi connectivity index (χ1) is 9.72. The molecule has 110 valence electrons. The Balaban J connectivity index is 1.78. The van der Waals surface area contributed by atoms with Crippen molar-refractivity contribution in [2.24, 2.45) is 5.73 Å². The summed E-state index contributed by atoms with van der Waals surface area (Å²) < 4.78 is 6.60. The summed E-state index contributed by atoms with van der Waals surface area (Å²) >= 11 is 3.59. The molecule has 3 rings (SSSR count). The van der Waals surface area contributed by atoms with Crippen molar-refractivity contribution in [2.75, 3.05) is 44.3 Å². The Bertz CT molecular complexity index is 462. The molecule has 5 heteroatoms. The van der Waals surface area contributed by atoms with E-state index in [1.54, 1.807) is 0 Å². The minimum Gasteiger partial charge on any atom is -0.378 e. The Morgan fingerprint density at radius 2 is 2.05 bits per heavy atom. The number of hydrogen-bond acceptors (Lipinski definition) is 4. The van der Waals surface area contributed by atoms with Crippen LogP contribution in [0.4, 0.5) is 5.69 Å². The average molecular weight is 340 g/mol. The van der Waals surface area contributed by atoms with E-state index in [9.17, 15) is 0 Å². The molecule has 0 amide bonds.